The van der Waals surface area contributed by atoms with E-state index < -0.39 is 0 Å². The Morgan fingerprint density at radius 1 is 1.44 bits per heavy atom. The maximum atomic E-state index is 9.18. The van der Waals surface area contributed by atoms with E-state index >= 15 is 0 Å². The molecule has 1 N–H and O–H groups in total. The zero-order chi connectivity index (χ0) is 13.4. The number of hydrogen-bond donors (Lipinski definition) is 1. The molecular weight excluding hydrogens is 228 g/mol. The van der Waals surface area contributed by atoms with Crippen LogP contribution >= 0.6 is 0 Å². The van der Waals surface area contributed by atoms with Crippen LogP contribution in [0, 0.1) is 0 Å². The summed E-state index contributed by atoms with van der Waals surface area (Å²) in [5, 5.41) is 12.5. The molecule has 0 saturated carbocycles. The number of benzene rings is 1. The first-order valence-electron chi connectivity index (χ1n) is 5.77. The fourth-order valence-electron chi connectivity index (χ4n) is 1.52. The Labute approximate surface area is 107 Å². The van der Waals surface area contributed by atoms with Gasteiger partial charge in [0.2, 0.25) is 0 Å². The van der Waals surface area contributed by atoms with Gasteiger partial charge in [0.25, 0.3) is 0 Å². The molecule has 1 aromatic carbocycles. The molecule has 0 aliphatic heterocycles. The van der Waals surface area contributed by atoms with Crippen LogP contribution in [-0.4, -0.2) is 30.8 Å². The van der Waals surface area contributed by atoms with E-state index in [0.717, 1.165) is 12.0 Å². The quantitative estimate of drug-likeness (QED) is 0.493. The lowest BCUT2D eigenvalue weighted by atomic mass is 10.0. The summed E-state index contributed by atoms with van der Waals surface area (Å²) in [4.78, 5) is 4.13. The van der Waals surface area contributed by atoms with Gasteiger partial charge in [0.15, 0.2) is 0 Å². The molecule has 0 atom stereocenters. The highest BCUT2D eigenvalue weighted by Gasteiger charge is 2.10. The number of nitrogens with zero attached hydrogens (tertiary/aromatic N) is 2. The second-order valence-corrected chi connectivity index (χ2v) is 3.60. The maximum Gasteiger partial charge on any atom is 0.135 e. The minimum absolute atomic E-state index is 0.432. The van der Waals surface area contributed by atoms with Gasteiger partial charge < -0.3 is 9.94 Å². The van der Waals surface area contributed by atoms with Crippen LogP contribution in [0.2, 0.25) is 0 Å². The molecule has 0 aromatic heterocycles. The number of hydrogen-bond acceptors (Lipinski definition) is 4. The van der Waals surface area contributed by atoms with Crippen LogP contribution in [0.1, 0.15) is 18.9 Å². The highest BCUT2D eigenvalue weighted by atomic mass is 16.5. The molecule has 0 spiro atoms. The summed E-state index contributed by atoms with van der Waals surface area (Å²) >= 11 is 0. The Morgan fingerprint density at radius 2 is 2.22 bits per heavy atom. The largest absolute Gasteiger partial charge is 0.497 e. The number of oxime groups is 1. The fourth-order valence-corrected chi connectivity index (χ4v) is 1.52. The zero-order valence-electron chi connectivity index (χ0n) is 10.9. The van der Waals surface area contributed by atoms with Crippen molar-refractivity contribution in [3.8, 4) is 5.75 Å². The molecule has 0 aliphatic carbocycles. The summed E-state index contributed by atoms with van der Waals surface area (Å²) in [6, 6.07) is 7.34. The molecule has 1 rings (SSSR count). The second kappa shape index (κ2) is 7.27. The smallest absolute Gasteiger partial charge is 0.135 e. The van der Waals surface area contributed by atoms with Crippen LogP contribution in [0.3, 0.4) is 0 Å². The Kier molecular flexibility index (Phi) is 5.64. The molecule has 0 heterocycles. The molecule has 96 valence electrons. The van der Waals surface area contributed by atoms with E-state index in [-0.39, 0.29) is 0 Å². The second-order valence-electron chi connectivity index (χ2n) is 3.60. The Hall–Kier alpha value is -2.10. The van der Waals surface area contributed by atoms with Crippen molar-refractivity contribution in [2.45, 2.75) is 13.3 Å². The Morgan fingerprint density at radius 3 is 2.78 bits per heavy atom. The molecule has 0 saturated heterocycles. The Bertz CT molecular complexity index is 476. The summed E-state index contributed by atoms with van der Waals surface area (Å²) in [6.45, 7) is 2.03. The molecular formula is C14H18N2O2. The predicted octanol–water partition coefficient (Wildman–Crippen LogP) is 2.91. The Balaban J connectivity index is 3.13. The summed E-state index contributed by atoms with van der Waals surface area (Å²) in [7, 11) is 3.27. The molecule has 0 bridgehead atoms. The van der Waals surface area contributed by atoms with E-state index in [1.807, 2.05) is 37.3 Å². The van der Waals surface area contributed by atoms with Gasteiger partial charge in [-0.15, -0.1) is 0 Å². The number of allylic oxidation sites excluding steroid dienone is 2. The van der Waals surface area contributed by atoms with Crippen molar-refractivity contribution in [3.05, 3.63) is 42.0 Å². The van der Waals surface area contributed by atoms with Gasteiger partial charge >= 0.3 is 0 Å². The molecule has 4 heteroatoms. The maximum absolute atomic E-state index is 9.18. The average molecular weight is 246 g/mol. The summed E-state index contributed by atoms with van der Waals surface area (Å²) < 4.78 is 5.15. The normalized spacial score (nSPS) is 13.1. The van der Waals surface area contributed by atoms with Gasteiger partial charge in [0, 0.05) is 12.6 Å². The first kappa shape index (κ1) is 14.0. The highest BCUT2D eigenvalue weighted by molar-refractivity contribution is 6.51. The lowest BCUT2D eigenvalue weighted by Crippen LogP contribution is -2.13. The predicted molar refractivity (Wildman–Crippen MR) is 74.1 cm³/mol. The number of rotatable bonds is 5. The number of methoxy groups -OCH3 is 1. The third-order valence-electron chi connectivity index (χ3n) is 2.44. The van der Waals surface area contributed by atoms with E-state index in [2.05, 4.69) is 10.1 Å². The van der Waals surface area contributed by atoms with Gasteiger partial charge in [0.05, 0.1) is 12.8 Å². The van der Waals surface area contributed by atoms with Gasteiger partial charge in [0.1, 0.15) is 11.5 Å². The summed E-state index contributed by atoms with van der Waals surface area (Å²) in [5.74, 6) is 0.712. The van der Waals surface area contributed by atoms with Gasteiger partial charge in [-0.25, -0.2) is 0 Å². The van der Waals surface area contributed by atoms with E-state index in [9.17, 15) is 5.21 Å². The average Bonchev–Trinajstić information content (AvgIpc) is 2.43. The van der Waals surface area contributed by atoms with Crippen molar-refractivity contribution in [1.82, 2.24) is 0 Å². The van der Waals surface area contributed by atoms with Crippen LogP contribution in [0.4, 0.5) is 0 Å². The monoisotopic (exact) mass is 246 g/mol. The van der Waals surface area contributed by atoms with Gasteiger partial charge in [-0.2, -0.15) is 0 Å². The molecule has 0 unspecified atom stereocenters. The summed E-state index contributed by atoms with van der Waals surface area (Å²) in [5.41, 5.74) is 1.83. The molecule has 0 aliphatic rings. The molecule has 0 amide bonds. The molecule has 0 radical (unpaired) electrons. The first-order valence-corrected chi connectivity index (χ1v) is 5.77. The van der Waals surface area contributed by atoms with Crippen LogP contribution < -0.4 is 4.74 Å². The van der Waals surface area contributed by atoms with E-state index in [0.29, 0.717) is 17.2 Å². The topological polar surface area (TPSA) is 54.2 Å². The minimum Gasteiger partial charge on any atom is -0.497 e. The van der Waals surface area contributed by atoms with Crippen molar-refractivity contribution in [2.75, 3.05) is 14.2 Å². The van der Waals surface area contributed by atoms with Crippen molar-refractivity contribution in [3.63, 3.8) is 0 Å². The molecule has 4 nitrogen and oxygen atoms in total. The van der Waals surface area contributed by atoms with Crippen LogP contribution in [-0.2, 0) is 0 Å². The van der Waals surface area contributed by atoms with Crippen molar-refractivity contribution < 1.29 is 9.94 Å². The zero-order valence-corrected chi connectivity index (χ0v) is 10.9. The number of aliphatic imine (C=N–C) groups is 1. The standard InChI is InChI=1S/C14H18N2O2/c1-4-5-9-13(15-2)14(16-17)11-7-6-8-12(10-11)18-3/h5-10,17H,4H2,1-3H3/b9-5-,15-13?,16-14-. The van der Waals surface area contributed by atoms with Crippen LogP contribution in [0.25, 0.3) is 0 Å². The SMILES string of the molecule is CC/C=C\C(=NC)/C(=N\O)c1cccc(OC)c1. The molecule has 0 fully saturated rings. The lowest BCUT2D eigenvalue weighted by molar-refractivity contribution is 0.320. The van der Waals surface area contributed by atoms with Crippen LogP contribution in [0.15, 0.2) is 46.6 Å². The van der Waals surface area contributed by atoms with Crippen molar-refractivity contribution in [1.29, 1.82) is 0 Å². The summed E-state index contributed by atoms with van der Waals surface area (Å²) in [6.07, 6.45) is 4.71. The lowest BCUT2D eigenvalue weighted by Gasteiger charge is -2.06. The molecule has 18 heavy (non-hydrogen) atoms. The van der Waals surface area contributed by atoms with Gasteiger partial charge in [-0.05, 0) is 24.6 Å². The number of ether oxygens (including phenoxy) is 1. The molecule has 1 aromatic rings. The van der Waals surface area contributed by atoms with E-state index in [1.54, 1.807) is 20.2 Å². The first-order chi connectivity index (χ1) is 8.76. The minimum atomic E-state index is 0.432. The van der Waals surface area contributed by atoms with Gasteiger partial charge in [-0.3, -0.25) is 4.99 Å². The fraction of sp³-hybridized carbons (Fsp3) is 0.286. The van der Waals surface area contributed by atoms with E-state index in [1.165, 1.54) is 0 Å². The highest BCUT2D eigenvalue weighted by Crippen LogP contribution is 2.14. The van der Waals surface area contributed by atoms with Gasteiger partial charge in [-0.1, -0.05) is 30.3 Å². The van der Waals surface area contributed by atoms with E-state index in [4.69, 9.17) is 4.74 Å². The van der Waals surface area contributed by atoms with Crippen LogP contribution in [0.5, 0.6) is 5.75 Å². The van der Waals surface area contributed by atoms with Crippen molar-refractivity contribution >= 4 is 11.4 Å². The third kappa shape index (κ3) is 3.45. The third-order valence-corrected chi connectivity index (χ3v) is 2.44. The van der Waals surface area contributed by atoms with Crippen molar-refractivity contribution in [2.24, 2.45) is 10.1 Å².